The first kappa shape index (κ1) is 15.0. The molecule has 0 saturated carbocycles. The predicted molar refractivity (Wildman–Crippen MR) is 92.7 cm³/mol. The summed E-state index contributed by atoms with van der Waals surface area (Å²) in [7, 11) is 0. The number of amides is 1. The smallest absolute Gasteiger partial charge is 0.274 e. The number of thiophene rings is 1. The lowest BCUT2D eigenvalue weighted by Crippen LogP contribution is -2.38. The number of nitrogens with zero attached hydrogens (tertiary/aromatic N) is 3. The Morgan fingerprint density at radius 2 is 2.22 bits per heavy atom. The Labute approximate surface area is 147 Å². The second kappa shape index (κ2) is 5.51. The number of aromatic nitrogens is 2. The minimum atomic E-state index is -0.0625. The predicted octanol–water partition coefficient (Wildman–Crippen LogP) is 4.46. The van der Waals surface area contributed by atoms with Gasteiger partial charge in [-0.3, -0.25) is 4.79 Å². The maximum Gasteiger partial charge on any atom is 0.274 e. The lowest BCUT2D eigenvalue weighted by Gasteiger charge is -2.33. The van der Waals surface area contributed by atoms with E-state index in [1.165, 1.54) is 10.4 Å². The molecule has 118 valence electrons. The van der Waals surface area contributed by atoms with Crippen molar-refractivity contribution < 1.29 is 4.79 Å². The van der Waals surface area contributed by atoms with Crippen molar-refractivity contribution in [3.8, 4) is 0 Å². The third-order valence-corrected chi connectivity index (χ3v) is 6.11. The number of fused-ring (bicyclic) bond motifs is 2. The summed E-state index contributed by atoms with van der Waals surface area (Å²) in [6.07, 6.45) is 2.48. The maximum absolute atomic E-state index is 12.9. The molecule has 4 heterocycles. The zero-order valence-corrected chi connectivity index (χ0v) is 14.6. The molecular weight excluding hydrogens is 353 g/mol. The van der Waals surface area contributed by atoms with E-state index >= 15 is 0 Å². The normalized spacial score (nSPS) is 17.5. The Bertz CT molecular complexity index is 917. The monoisotopic (exact) mass is 365 g/mol. The quantitative estimate of drug-likeness (QED) is 0.638. The molecule has 1 amide bonds. The number of carbonyl (C=O) groups excluding carboxylic acids is 1. The van der Waals surface area contributed by atoms with Gasteiger partial charge in [0.1, 0.15) is 0 Å². The van der Waals surface area contributed by atoms with Gasteiger partial charge in [-0.15, -0.1) is 11.3 Å². The first-order valence-corrected chi connectivity index (χ1v) is 8.90. The largest absolute Gasteiger partial charge is 0.329 e. The number of pyridine rings is 1. The van der Waals surface area contributed by atoms with Crippen molar-refractivity contribution in [2.75, 3.05) is 6.54 Å². The molecule has 0 fully saturated rings. The fourth-order valence-corrected chi connectivity index (χ4v) is 4.62. The number of hydrogen-bond acceptors (Lipinski definition) is 3. The maximum atomic E-state index is 12.9. The Hall–Kier alpha value is -1.56. The minimum absolute atomic E-state index is 0.0113. The van der Waals surface area contributed by atoms with E-state index in [1.807, 2.05) is 23.3 Å². The van der Waals surface area contributed by atoms with Crippen LogP contribution in [0.2, 0.25) is 10.0 Å². The van der Waals surface area contributed by atoms with Crippen LogP contribution in [0, 0.1) is 0 Å². The van der Waals surface area contributed by atoms with Gasteiger partial charge in [0.15, 0.2) is 5.69 Å². The lowest BCUT2D eigenvalue weighted by atomic mass is 10.0. The molecule has 4 nitrogen and oxygen atoms in total. The number of halogens is 2. The van der Waals surface area contributed by atoms with Gasteiger partial charge in [0.2, 0.25) is 0 Å². The summed E-state index contributed by atoms with van der Waals surface area (Å²) < 4.78 is 1.64. The summed E-state index contributed by atoms with van der Waals surface area (Å²) in [5, 5.41) is 7.71. The molecule has 4 rings (SSSR count). The van der Waals surface area contributed by atoms with E-state index in [0.717, 1.165) is 17.0 Å². The van der Waals surface area contributed by atoms with Crippen LogP contribution in [-0.4, -0.2) is 27.0 Å². The third kappa shape index (κ3) is 2.43. The fraction of sp³-hybridized carbons (Fsp3) is 0.250. The number of hydrogen-bond donors (Lipinski definition) is 0. The van der Waals surface area contributed by atoms with Crippen molar-refractivity contribution in [3.05, 3.63) is 56.0 Å². The van der Waals surface area contributed by atoms with Crippen molar-refractivity contribution in [2.24, 2.45) is 0 Å². The highest BCUT2D eigenvalue weighted by Gasteiger charge is 2.31. The third-order valence-electron chi connectivity index (χ3n) is 4.23. The van der Waals surface area contributed by atoms with Gasteiger partial charge in [0, 0.05) is 23.0 Å². The fourth-order valence-electron chi connectivity index (χ4n) is 3.03. The van der Waals surface area contributed by atoms with Gasteiger partial charge in [-0.1, -0.05) is 23.2 Å². The van der Waals surface area contributed by atoms with Gasteiger partial charge < -0.3 is 4.90 Å². The highest BCUT2D eigenvalue weighted by molar-refractivity contribution is 7.10. The van der Waals surface area contributed by atoms with E-state index in [9.17, 15) is 4.79 Å². The lowest BCUT2D eigenvalue weighted by molar-refractivity contribution is 0.0675. The summed E-state index contributed by atoms with van der Waals surface area (Å²) in [6, 6.07) is 5.44. The standard InChI is InChI=1S/C16H13Cl2N3OS/c1-9-15-12(13(18)8-23-15)4-5-20(9)16(22)14-6-11-3-2-10(17)7-21(11)19-14/h2-3,6-9H,4-5H2,1H3. The molecule has 0 spiro atoms. The molecule has 0 saturated heterocycles. The molecule has 1 aliphatic heterocycles. The van der Waals surface area contributed by atoms with E-state index in [-0.39, 0.29) is 11.9 Å². The van der Waals surface area contributed by atoms with Crippen LogP contribution in [0.4, 0.5) is 0 Å². The van der Waals surface area contributed by atoms with E-state index in [4.69, 9.17) is 23.2 Å². The summed E-state index contributed by atoms with van der Waals surface area (Å²) in [5.41, 5.74) is 2.46. The Balaban J connectivity index is 1.68. The van der Waals surface area contributed by atoms with Crippen LogP contribution in [-0.2, 0) is 6.42 Å². The first-order valence-electron chi connectivity index (χ1n) is 7.26. The molecule has 0 N–H and O–H groups in total. The van der Waals surface area contributed by atoms with Gasteiger partial charge in [-0.2, -0.15) is 5.10 Å². The van der Waals surface area contributed by atoms with E-state index in [0.29, 0.717) is 17.3 Å². The summed E-state index contributed by atoms with van der Waals surface area (Å²) in [4.78, 5) is 15.9. The van der Waals surface area contributed by atoms with Gasteiger partial charge >= 0.3 is 0 Å². The number of rotatable bonds is 1. The molecule has 3 aromatic rings. The van der Waals surface area contributed by atoms with Crippen LogP contribution < -0.4 is 0 Å². The topological polar surface area (TPSA) is 37.6 Å². The second-order valence-corrected chi connectivity index (χ2v) is 7.35. The van der Waals surface area contributed by atoms with Crippen LogP contribution in [0.15, 0.2) is 29.8 Å². The van der Waals surface area contributed by atoms with Crippen LogP contribution in [0.5, 0.6) is 0 Å². The summed E-state index contributed by atoms with van der Waals surface area (Å²) >= 11 is 13.8. The van der Waals surface area contributed by atoms with Crippen LogP contribution in [0.25, 0.3) is 5.52 Å². The summed E-state index contributed by atoms with van der Waals surface area (Å²) in [5.74, 6) is -0.0625. The van der Waals surface area contributed by atoms with Crippen molar-refractivity contribution in [1.29, 1.82) is 0 Å². The molecule has 7 heteroatoms. The molecule has 1 atom stereocenters. The molecule has 1 aliphatic rings. The second-order valence-electron chi connectivity index (χ2n) is 5.60. The van der Waals surface area contributed by atoms with Crippen LogP contribution in [0.3, 0.4) is 0 Å². The van der Waals surface area contributed by atoms with Crippen molar-refractivity contribution in [1.82, 2.24) is 14.5 Å². The van der Waals surface area contributed by atoms with Crippen LogP contribution >= 0.6 is 34.5 Å². The Morgan fingerprint density at radius 1 is 1.39 bits per heavy atom. The Morgan fingerprint density at radius 3 is 3.04 bits per heavy atom. The SMILES string of the molecule is CC1c2scc(Cl)c2CCN1C(=O)c1cc2ccc(Cl)cn2n1. The van der Waals surface area contributed by atoms with Crippen molar-refractivity contribution in [2.45, 2.75) is 19.4 Å². The average molecular weight is 366 g/mol. The van der Waals surface area contributed by atoms with Gasteiger partial charge in [0.05, 0.1) is 21.6 Å². The van der Waals surface area contributed by atoms with Gasteiger partial charge in [0.25, 0.3) is 5.91 Å². The molecule has 0 radical (unpaired) electrons. The van der Waals surface area contributed by atoms with Crippen molar-refractivity contribution in [3.63, 3.8) is 0 Å². The Kier molecular flexibility index (Phi) is 3.59. The highest BCUT2D eigenvalue weighted by Crippen LogP contribution is 2.38. The molecule has 3 aromatic heterocycles. The van der Waals surface area contributed by atoms with E-state index in [1.54, 1.807) is 34.2 Å². The van der Waals surface area contributed by atoms with E-state index < -0.39 is 0 Å². The molecule has 0 aromatic carbocycles. The molecule has 0 aliphatic carbocycles. The molecule has 23 heavy (non-hydrogen) atoms. The summed E-state index contributed by atoms with van der Waals surface area (Å²) in [6.45, 7) is 2.69. The molecule has 0 bridgehead atoms. The zero-order valence-electron chi connectivity index (χ0n) is 12.3. The molecular formula is C16H13Cl2N3OS. The number of carbonyl (C=O) groups is 1. The first-order chi connectivity index (χ1) is 11.0. The highest BCUT2D eigenvalue weighted by atomic mass is 35.5. The molecule has 1 unspecified atom stereocenters. The average Bonchev–Trinajstić information content (AvgIpc) is 3.11. The zero-order chi connectivity index (χ0) is 16.1. The van der Waals surface area contributed by atoms with E-state index in [2.05, 4.69) is 5.10 Å². The minimum Gasteiger partial charge on any atom is -0.329 e. The van der Waals surface area contributed by atoms with Crippen molar-refractivity contribution >= 4 is 46.0 Å². The van der Waals surface area contributed by atoms with Gasteiger partial charge in [-0.25, -0.2) is 4.52 Å². The van der Waals surface area contributed by atoms with Crippen LogP contribution in [0.1, 0.15) is 33.9 Å². The van der Waals surface area contributed by atoms with Gasteiger partial charge in [-0.05, 0) is 37.1 Å².